The highest BCUT2D eigenvalue weighted by Crippen LogP contribution is 2.18. The normalized spacial score (nSPS) is 27.9. The largest absolute Gasteiger partial charge is 0.388 e. The number of nitrogens with zero attached hydrogens (tertiary/aromatic N) is 2. The highest BCUT2D eigenvalue weighted by molar-refractivity contribution is 6.01. The van der Waals surface area contributed by atoms with Crippen LogP contribution >= 0.6 is 0 Å². The van der Waals surface area contributed by atoms with Crippen LogP contribution in [0.1, 0.15) is 5.56 Å². The van der Waals surface area contributed by atoms with Crippen molar-refractivity contribution in [1.82, 2.24) is 5.32 Å². The number of aliphatic hydroxyl groups excluding tert-OH is 3. The number of carbonyl (C=O) groups excluding carboxylic acids is 1. The van der Waals surface area contributed by atoms with Crippen LogP contribution in [0.3, 0.4) is 0 Å². The van der Waals surface area contributed by atoms with Crippen molar-refractivity contribution < 1.29 is 29.6 Å². The van der Waals surface area contributed by atoms with E-state index in [1.165, 1.54) is 6.08 Å². The van der Waals surface area contributed by atoms with Gasteiger partial charge in [-0.1, -0.05) is 12.1 Å². The van der Waals surface area contributed by atoms with Crippen LogP contribution in [0.5, 0.6) is 0 Å². The summed E-state index contributed by atoms with van der Waals surface area (Å²) in [4.78, 5) is 14.5. The standard InChI is InChI=1S/C20H25N3O6/c21-10-14(20(27)22-11-17-19(26)18(25)16(24)12-29-17)9-13-1-3-15(4-2-13)23-5-7-28-8-6-23/h1-4,9,16-19,24-26H,5-8,11-12H2,(H,22,27)/b14-9+/t16-,17+,18+,19+/m0/s1. The van der Waals surface area contributed by atoms with Crippen molar-refractivity contribution >= 4 is 17.7 Å². The lowest BCUT2D eigenvalue weighted by molar-refractivity contribution is -0.185. The van der Waals surface area contributed by atoms with Crippen molar-refractivity contribution in [3.05, 3.63) is 35.4 Å². The molecule has 9 heteroatoms. The maximum absolute atomic E-state index is 12.3. The van der Waals surface area contributed by atoms with E-state index in [0.717, 1.165) is 18.8 Å². The Balaban J connectivity index is 1.59. The number of rotatable bonds is 5. The first-order valence-corrected chi connectivity index (χ1v) is 9.48. The molecule has 0 spiro atoms. The summed E-state index contributed by atoms with van der Waals surface area (Å²) in [5.41, 5.74) is 1.67. The van der Waals surface area contributed by atoms with Gasteiger partial charge in [0.2, 0.25) is 0 Å². The van der Waals surface area contributed by atoms with E-state index in [0.29, 0.717) is 18.8 Å². The molecule has 4 atom stereocenters. The Kier molecular flexibility index (Phi) is 7.19. The van der Waals surface area contributed by atoms with E-state index in [1.54, 1.807) is 0 Å². The molecular formula is C20H25N3O6. The van der Waals surface area contributed by atoms with Gasteiger partial charge < -0.3 is 35.0 Å². The van der Waals surface area contributed by atoms with E-state index in [-0.39, 0.29) is 18.7 Å². The third kappa shape index (κ3) is 5.32. The van der Waals surface area contributed by atoms with Crippen LogP contribution in [0.4, 0.5) is 5.69 Å². The Hall–Kier alpha value is -2.48. The minimum atomic E-state index is -1.35. The molecule has 2 aliphatic heterocycles. The fourth-order valence-electron chi connectivity index (χ4n) is 3.25. The van der Waals surface area contributed by atoms with Gasteiger partial charge in [0.05, 0.1) is 19.8 Å². The molecule has 29 heavy (non-hydrogen) atoms. The van der Waals surface area contributed by atoms with Gasteiger partial charge >= 0.3 is 0 Å². The topological polar surface area (TPSA) is 135 Å². The van der Waals surface area contributed by atoms with Gasteiger partial charge in [-0.05, 0) is 23.8 Å². The van der Waals surface area contributed by atoms with Crippen molar-refractivity contribution in [1.29, 1.82) is 5.26 Å². The first kappa shape index (κ1) is 21.2. The van der Waals surface area contributed by atoms with E-state index < -0.39 is 30.3 Å². The van der Waals surface area contributed by atoms with E-state index in [9.17, 15) is 25.4 Å². The van der Waals surface area contributed by atoms with Crippen molar-refractivity contribution in [2.75, 3.05) is 44.4 Å². The van der Waals surface area contributed by atoms with Crippen molar-refractivity contribution in [2.24, 2.45) is 0 Å². The third-order valence-corrected chi connectivity index (χ3v) is 5.02. The molecule has 0 aromatic heterocycles. The molecule has 3 rings (SSSR count). The van der Waals surface area contributed by atoms with Gasteiger partial charge in [0, 0.05) is 25.3 Å². The quantitative estimate of drug-likeness (QED) is 0.364. The fourth-order valence-corrected chi connectivity index (χ4v) is 3.25. The number of nitriles is 1. The molecule has 2 fully saturated rings. The zero-order chi connectivity index (χ0) is 20.8. The highest BCUT2D eigenvalue weighted by atomic mass is 16.5. The minimum absolute atomic E-state index is 0.0880. The highest BCUT2D eigenvalue weighted by Gasteiger charge is 2.37. The number of morpholine rings is 1. The predicted molar refractivity (Wildman–Crippen MR) is 104 cm³/mol. The van der Waals surface area contributed by atoms with E-state index in [2.05, 4.69) is 10.2 Å². The number of aliphatic hydroxyl groups is 3. The number of nitrogens with one attached hydrogen (secondary N) is 1. The molecule has 1 aromatic rings. The van der Waals surface area contributed by atoms with Gasteiger partial charge in [-0.2, -0.15) is 5.26 Å². The number of ether oxygens (including phenoxy) is 2. The van der Waals surface area contributed by atoms with Gasteiger partial charge in [0.1, 0.15) is 36.1 Å². The van der Waals surface area contributed by atoms with Crippen molar-refractivity contribution in [3.8, 4) is 6.07 Å². The average molecular weight is 403 g/mol. The zero-order valence-corrected chi connectivity index (χ0v) is 15.9. The number of carbonyl (C=O) groups is 1. The molecule has 0 saturated carbocycles. The Morgan fingerprint density at radius 2 is 1.90 bits per heavy atom. The van der Waals surface area contributed by atoms with Crippen LogP contribution < -0.4 is 10.2 Å². The molecular weight excluding hydrogens is 378 g/mol. The van der Waals surface area contributed by atoms with Crippen LogP contribution in [0.2, 0.25) is 0 Å². The molecule has 4 N–H and O–H groups in total. The molecule has 2 aliphatic rings. The monoisotopic (exact) mass is 403 g/mol. The second-order valence-corrected chi connectivity index (χ2v) is 6.99. The van der Waals surface area contributed by atoms with Crippen LogP contribution in [0.25, 0.3) is 6.08 Å². The number of hydrogen-bond donors (Lipinski definition) is 4. The summed E-state index contributed by atoms with van der Waals surface area (Å²) in [7, 11) is 0. The summed E-state index contributed by atoms with van der Waals surface area (Å²) in [6.07, 6.45) is -3.24. The molecule has 9 nitrogen and oxygen atoms in total. The molecule has 1 amide bonds. The van der Waals surface area contributed by atoms with E-state index in [4.69, 9.17) is 9.47 Å². The van der Waals surface area contributed by atoms with Crippen molar-refractivity contribution in [2.45, 2.75) is 24.4 Å². The summed E-state index contributed by atoms with van der Waals surface area (Å²) in [5, 5.41) is 40.9. The number of benzene rings is 1. The molecule has 156 valence electrons. The van der Waals surface area contributed by atoms with Gasteiger partial charge in [-0.15, -0.1) is 0 Å². The maximum atomic E-state index is 12.3. The Morgan fingerprint density at radius 3 is 2.55 bits per heavy atom. The van der Waals surface area contributed by atoms with Gasteiger partial charge in [-0.3, -0.25) is 4.79 Å². The Bertz CT molecular complexity index is 769. The second-order valence-electron chi connectivity index (χ2n) is 6.99. The summed E-state index contributed by atoms with van der Waals surface area (Å²) in [6.45, 7) is 2.78. The summed E-state index contributed by atoms with van der Waals surface area (Å²) in [6, 6.07) is 9.41. The maximum Gasteiger partial charge on any atom is 0.262 e. The lowest BCUT2D eigenvalue weighted by Crippen LogP contribution is -2.56. The molecule has 0 radical (unpaired) electrons. The SMILES string of the molecule is N#C/C(=C\c1ccc(N2CCOCC2)cc1)C(=O)NC[C@H]1OC[C@H](O)[C@@H](O)[C@@H]1O. The predicted octanol–water partition coefficient (Wildman–Crippen LogP) is -0.972. The van der Waals surface area contributed by atoms with Crippen LogP contribution in [0.15, 0.2) is 29.8 Å². The molecule has 0 bridgehead atoms. The van der Waals surface area contributed by atoms with Gasteiger partial charge in [0.15, 0.2) is 0 Å². The molecule has 0 unspecified atom stereocenters. The third-order valence-electron chi connectivity index (χ3n) is 5.02. The number of hydrogen-bond acceptors (Lipinski definition) is 8. The van der Waals surface area contributed by atoms with Crippen molar-refractivity contribution in [3.63, 3.8) is 0 Å². The van der Waals surface area contributed by atoms with Gasteiger partial charge in [0.25, 0.3) is 5.91 Å². The molecule has 2 heterocycles. The van der Waals surface area contributed by atoms with E-state index >= 15 is 0 Å². The van der Waals surface area contributed by atoms with Crippen LogP contribution in [0, 0.1) is 11.3 Å². The summed E-state index contributed by atoms with van der Waals surface area (Å²) in [5.74, 6) is -0.610. The second kappa shape index (κ2) is 9.82. The van der Waals surface area contributed by atoms with E-state index in [1.807, 2.05) is 30.3 Å². The van der Waals surface area contributed by atoms with Gasteiger partial charge in [-0.25, -0.2) is 0 Å². The number of amides is 1. The molecule has 2 saturated heterocycles. The Morgan fingerprint density at radius 1 is 1.21 bits per heavy atom. The van der Waals surface area contributed by atoms with Crippen LogP contribution in [-0.4, -0.2) is 85.1 Å². The lowest BCUT2D eigenvalue weighted by atomic mass is 10.00. The zero-order valence-electron chi connectivity index (χ0n) is 15.9. The first-order valence-electron chi connectivity index (χ1n) is 9.48. The molecule has 0 aliphatic carbocycles. The van der Waals surface area contributed by atoms with Crippen LogP contribution in [-0.2, 0) is 14.3 Å². The summed E-state index contributed by atoms with van der Waals surface area (Å²) < 4.78 is 10.6. The smallest absolute Gasteiger partial charge is 0.262 e. The Labute approximate surface area is 168 Å². The first-order chi connectivity index (χ1) is 14.0. The minimum Gasteiger partial charge on any atom is -0.388 e. The lowest BCUT2D eigenvalue weighted by Gasteiger charge is -2.35. The average Bonchev–Trinajstić information content (AvgIpc) is 2.76. The fraction of sp³-hybridized carbons (Fsp3) is 0.500. The summed E-state index contributed by atoms with van der Waals surface area (Å²) >= 11 is 0. The number of anilines is 1. The molecule has 1 aromatic carbocycles.